The summed E-state index contributed by atoms with van der Waals surface area (Å²) in [6.45, 7) is 10.6. The van der Waals surface area contributed by atoms with Crippen LogP contribution in [-0.4, -0.2) is 21.7 Å². The molecule has 2 rings (SSSR count). The third-order valence-corrected chi connectivity index (χ3v) is 9.24. The van der Waals surface area contributed by atoms with E-state index in [1.165, 1.54) is 11.3 Å². The van der Waals surface area contributed by atoms with Gasteiger partial charge < -0.3 is 4.90 Å². The van der Waals surface area contributed by atoms with Gasteiger partial charge in [-0.25, -0.2) is 0 Å². The molecule has 0 radical (unpaired) electrons. The molecule has 0 spiro atoms. The van der Waals surface area contributed by atoms with Crippen molar-refractivity contribution in [3.8, 4) is 0 Å². The van der Waals surface area contributed by atoms with Crippen molar-refractivity contribution >= 4 is 18.9 Å². The fraction of sp³-hybridized carbons (Fsp3) is 0.368. The highest BCUT2D eigenvalue weighted by molar-refractivity contribution is 6.91. The van der Waals surface area contributed by atoms with Gasteiger partial charge >= 0.3 is 0 Å². The maximum Gasteiger partial charge on any atom is 0.0851 e. The Bertz CT molecular complexity index is 560. The fourth-order valence-electron chi connectivity index (χ4n) is 2.70. The topological polar surface area (TPSA) is 3.24 Å². The number of rotatable bonds is 5. The zero-order valence-corrected chi connectivity index (χ0v) is 14.9. The van der Waals surface area contributed by atoms with E-state index in [-0.39, 0.29) is 0 Å². The largest absolute Gasteiger partial charge is 0.375 e. The lowest BCUT2D eigenvalue weighted by Crippen LogP contribution is -2.48. The molecule has 0 aliphatic heterocycles. The van der Waals surface area contributed by atoms with Crippen LogP contribution >= 0.6 is 0 Å². The summed E-state index contributed by atoms with van der Waals surface area (Å²) in [5.74, 6) is 0. The molecule has 0 N–H and O–H groups in total. The van der Waals surface area contributed by atoms with Crippen molar-refractivity contribution in [3.05, 3.63) is 60.2 Å². The van der Waals surface area contributed by atoms with Gasteiger partial charge in [0.1, 0.15) is 0 Å². The van der Waals surface area contributed by atoms with E-state index in [1.807, 2.05) is 0 Å². The van der Waals surface area contributed by atoms with Crippen molar-refractivity contribution in [2.75, 3.05) is 18.5 Å². The lowest BCUT2D eigenvalue weighted by atomic mass is 10.2. The molecule has 0 saturated carbocycles. The first-order chi connectivity index (χ1) is 9.91. The summed E-state index contributed by atoms with van der Waals surface area (Å²) in [6.07, 6.45) is 0. The highest BCUT2D eigenvalue weighted by Gasteiger charge is 2.30. The molecule has 2 aromatic carbocycles. The average Bonchev–Trinajstić information content (AvgIpc) is 2.48. The Morgan fingerprint density at radius 2 is 1.52 bits per heavy atom. The molecule has 0 amide bonds. The van der Waals surface area contributed by atoms with Crippen LogP contribution in [0.15, 0.2) is 54.6 Å². The third-order valence-electron chi connectivity index (χ3n) is 4.77. The Morgan fingerprint density at radius 3 is 2.10 bits per heavy atom. The van der Waals surface area contributed by atoms with Gasteiger partial charge in [-0.1, -0.05) is 73.2 Å². The second-order valence-electron chi connectivity index (χ2n) is 6.70. The lowest BCUT2D eigenvalue weighted by molar-refractivity contribution is 0.826. The molecule has 1 unspecified atom stereocenters. The van der Waals surface area contributed by atoms with Crippen LogP contribution in [0.4, 0.5) is 5.69 Å². The van der Waals surface area contributed by atoms with Gasteiger partial charge in [0, 0.05) is 19.3 Å². The van der Waals surface area contributed by atoms with E-state index in [2.05, 4.69) is 93.5 Å². The summed E-state index contributed by atoms with van der Waals surface area (Å²) >= 11 is 0. The smallest absolute Gasteiger partial charge is 0.0851 e. The van der Waals surface area contributed by atoms with Gasteiger partial charge in [0.15, 0.2) is 0 Å². The Kier molecular flexibility index (Phi) is 4.89. The van der Waals surface area contributed by atoms with Crippen LogP contribution in [-0.2, 0) is 0 Å². The monoisotopic (exact) mass is 297 g/mol. The summed E-state index contributed by atoms with van der Waals surface area (Å²) in [5.41, 5.74) is 3.33. The zero-order valence-electron chi connectivity index (χ0n) is 13.9. The number of anilines is 1. The molecule has 21 heavy (non-hydrogen) atoms. The Balaban J connectivity index is 2.10. The van der Waals surface area contributed by atoms with Crippen molar-refractivity contribution in [1.82, 2.24) is 0 Å². The maximum atomic E-state index is 2.48. The van der Waals surface area contributed by atoms with Crippen molar-refractivity contribution in [1.29, 1.82) is 0 Å². The van der Waals surface area contributed by atoms with Crippen LogP contribution in [0.2, 0.25) is 18.6 Å². The molecule has 2 heteroatoms. The molecule has 0 bridgehead atoms. The van der Waals surface area contributed by atoms with Gasteiger partial charge in [-0.2, -0.15) is 0 Å². The van der Waals surface area contributed by atoms with Crippen molar-refractivity contribution in [3.63, 3.8) is 0 Å². The molecule has 0 aromatic heterocycles. The van der Waals surface area contributed by atoms with Crippen LogP contribution in [0.3, 0.4) is 0 Å². The molecule has 0 heterocycles. The molecule has 0 saturated heterocycles. The second-order valence-corrected chi connectivity index (χ2v) is 11.7. The summed E-state index contributed by atoms with van der Waals surface area (Å²) in [5, 5.41) is 1.55. The molecular weight excluding hydrogens is 270 g/mol. The Morgan fingerprint density at radius 1 is 0.952 bits per heavy atom. The Hall–Kier alpha value is -1.54. The van der Waals surface area contributed by atoms with Gasteiger partial charge in [-0.3, -0.25) is 0 Å². The predicted octanol–water partition coefficient (Wildman–Crippen LogP) is 4.44. The molecule has 0 fully saturated rings. The van der Waals surface area contributed by atoms with E-state index >= 15 is 0 Å². The summed E-state index contributed by atoms with van der Waals surface area (Å²) in [4.78, 5) is 2.39. The maximum absolute atomic E-state index is 2.48. The molecular formula is C19H27NSi. The van der Waals surface area contributed by atoms with E-state index in [0.29, 0.717) is 5.54 Å². The van der Waals surface area contributed by atoms with Gasteiger partial charge in [0.2, 0.25) is 0 Å². The van der Waals surface area contributed by atoms with Crippen LogP contribution in [0.1, 0.15) is 12.5 Å². The summed E-state index contributed by atoms with van der Waals surface area (Å²) in [6, 6.07) is 19.9. The van der Waals surface area contributed by atoms with Crippen molar-refractivity contribution < 1.29 is 0 Å². The van der Waals surface area contributed by atoms with E-state index in [4.69, 9.17) is 0 Å². The molecule has 0 aliphatic rings. The Labute approximate surface area is 130 Å². The lowest BCUT2D eigenvalue weighted by Gasteiger charge is -2.34. The minimum Gasteiger partial charge on any atom is -0.375 e. The quantitative estimate of drug-likeness (QED) is 0.738. The molecule has 0 aliphatic carbocycles. The van der Waals surface area contributed by atoms with Crippen LogP contribution < -0.4 is 10.1 Å². The number of aryl methyl sites for hydroxylation is 1. The normalized spacial score (nSPS) is 13.0. The highest BCUT2D eigenvalue weighted by Crippen LogP contribution is 2.24. The van der Waals surface area contributed by atoms with Crippen LogP contribution in [0, 0.1) is 6.92 Å². The van der Waals surface area contributed by atoms with E-state index in [9.17, 15) is 0 Å². The fourth-order valence-corrected chi connectivity index (χ4v) is 5.05. The summed E-state index contributed by atoms with van der Waals surface area (Å²) in [7, 11) is 0.774. The van der Waals surface area contributed by atoms with Crippen LogP contribution in [0.25, 0.3) is 0 Å². The molecule has 1 nitrogen and oxygen atoms in total. The van der Waals surface area contributed by atoms with Gasteiger partial charge in [-0.05, 0) is 24.6 Å². The number of hydrogen-bond acceptors (Lipinski definition) is 1. The van der Waals surface area contributed by atoms with E-state index < -0.39 is 8.07 Å². The zero-order chi connectivity index (χ0) is 15.5. The van der Waals surface area contributed by atoms with E-state index in [1.54, 1.807) is 5.19 Å². The van der Waals surface area contributed by atoms with Gasteiger partial charge in [-0.15, -0.1) is 0 Å². The second kappa shape index (κ2) is 6.48. The van der Waals surface area contributed by atoms with Crippen molar-refractivity contribution in [2.24, 2.45) is 0 Å². The first kappa shape index (κ1) is 15.8. The van der Waals surface area contributed by atoms with Crippen LogP contribution in [0.5, 0.6) is 0 Å². The predicted molar refractivity (Wildman–Crippen MR) is 97.4 cm³/mol. The molecule has 2 aromatic rings. The third kappa shape index (κ3) is 3.76. The first-order valence-corrected chi connectivity index (χ1v) is 10.8. The van der Waals surface area contributed by atoms with E-state index in [0.717, 1.165) is 6.54 Å². The van der Waals surface area contributed by atoms with Crippen molar-refractivity contribution in [2.45, 2.75) is 32.5 Å². The highest BCUT2D eigenvalue weighted by atomic mass is 28.3. The minimum atomic E-state index is -1.43. The first-order valence-electron chi connectivity index (χ1n) is 7.74. The summed E-state index contributed by atoms with van der Waals surface area (Å²) < 4.78 is 0. The average molecular weight is 298 g/mol. The SMILES string of the molecule is Cc1ccc(N(C)CC(C)[Si](C)(C)c2ccccc2)cc1. The van der Waals surface area contributed by atoms with Gasteiger partial charge in [0.25, 0.3) is 0 Å². The number of hydrogen-bond donors (Lipinski definition) is 0. The molecule has 1 atom stereocenters. The standard InChI is InChI=1S/C19H27NSi/c1-16-11-13-18(14-12-16)20(3)15-17(2)21(4,5)19-9-7-6-8-10-19/h6-14,17H,15H2,1-5H3. The minimum absolute atomic E-state index is 0.700. The molecule has 112 valence electrons. The number of benzene rings is 2. The number of nitrogens with zero attached hydrogens (tertiary/aromatic N) is 1. The van der Waals surface area contributed by atoms with Gasteiger partial charge in [0.05, 0.1) is 8.07 Å².